The van der Waals surface area contributed by atoms with E-state index in [0.717, 1.165) is 44.9 Å². The van der Waals surface area contributed by atoms with Crippen LogP contribution in [0.1, 0.15) is 102 Å². The minimum Gasteiger partial charge on any atom is -0.508 e. The number of carbonyl (C=O) groups excluding carboxylic acids is 6. The minimum absolute atomic E-state index is 0.0384. The molecule has 3 fully saturated rings. The van der Waals surface area contributed by atoms with Crippen molar-refractivity contribution < 1.29 is 33.9 Å². The van der Waals surface area contributed by atoms with Gasteiger partial charge in [0.2, 0.25) is 35.4 Å². The molecule has 0 radical (unpaired) electrons. The molecule has 16 nitrogen and oxygen atoms in total. The van der Waals surface area contributed by atoms with Crippen LogP contribution in [0.15, 0.2) is 29.3 Å². The van der Waals surface area contributed by atoms with Crippen LogP contribution in [0.3, 0.4) is 0 Å². The molecule has 1 aromatic rings. The van der Waals surface area contributed by atoms with Crippen LogP contribution in [0.4, 0.5) is 0 Å². The Kier molecular flexibility index (Phi) is 16.6. The summed E-state index contributed by atoms with van der Waals surface area (Å²) in [6, 6.07) is 2.44. The average Bonchev–Trinajstić information content (AvgIpc) is 3.13. The highest BCUT2D eigenvalue weighted by atomic mass is 16.3. The molecule has 16 heteroatoms. The Bertz CT molecular complexity index is 1500. The third-order valence-electron chi connectivity index (χ3n) is 11.2. The predicted molar refractivity (Wildman–Crippen MR) is 207 cm³/mol. The fraction of sp³-hybridized carbons (Fsp3) is 0.667. The standard InChI is InChI=1S/C39H61N9O7/c1-24(49)44-23-27-10-14-28(15-11-27)35(52)47-32(22-25-7-3-2-4-8-25)38(55)48-20-18-33(48)37(54)46-31(21-26-12-16-29(50)17-13-26)36(53)45-30(34(40)51)9-5-6-19-43-39(41)42/h12-13,16-17,25,27-28,30-33,50H,2-11,14-15,18-23H2,1H3,(H2,40,51)(H,44,49)(H,45,53)(H,46,54)(H,47,52)(H4,41,42,43). The number of aromatic hydroxyl groups is 1. The van der Waals surface area contributed by atoms with Gasteiger partial charge in [-0.05, 0) is 87.3 Å². The largest absolute Gasteiger partial charge is 0.508 e. The molecule has 2 aliphatic carbocycles. The third kappa shape index (κ3) is 13.7. The van der Waals surface area contributed by atoms with Crippen LogP contribution in [-0.2, 0) is 35.2 Å². The van der Waals surface area contributed by atoms with Crippen molar-refractivity contribution in [1.82, 2.24) is 26.2 Å². The van der Waals surface area contributed by atoms with Crippen molar-refractivity contribution in [2.75, 3.05) is 19.6 Å². The second-order valence-electron chi connectivity index (χ2n) is 15.5. The fourth-order valence-corrected chi connectivity index (χ4v) is 7.88. The second kappa shape index (κ2) is 21.3. The lowest BCUT2D eigenvalue weighted by atomic mass is 9.81. The Hall–Kier alpha value is -4.89. The molecular formula is C39H61N9O7. The lowest BCUT2D eigenvalue weighted by molar-refractivity contribution is -0.151. The molecule has 1 aliphatic heterocycles. The van der Waals surface area contributed by atoms with Crippen molar-refractivity contribution in [3.05, 3.63) is 29.8 Å². The topological polar surface area (TPSA) is 264 Å². The fourth-order valence-electron chi connectivity index (χ4n) is 7.88. The molecule has 0 aromatic heterocycles. The number of benzene rings is 1. The molecule has 1 saturated heterocycles. The monoisotopic (exact) mass is 767 g/mol. The van der Waals surface area contributed by atoms with Crippen molar-refractivity contribution >= 4 is 41.4 Å². The van der Waals surface area contributed by atoms with Crippen LogP contribution in [0.2, 0.25) is 0 Å². The number of hydrogen-bond acceptors (Lipinski definition) is 8. The Morgan fingerprint density at radius 1 is 0.800 bits per heavy atom. The highest BCUT2D eigenvalue weighted by Crippen LogP contribution is 2.31. The van der Waals surface area contributed by atoms with Crippen molar-refractivity contribution in [2.45, 2.75) is 127 Å². The van der Waals surface area contributed by atoms with Gasteiger partial charge in [-0.15, -0.1) is 0 Å². The predicted octanol–water partition coefficient (Wildman–Crippen LogP) is 0.832. The molecular weight excluding hydrogens is 706 g/mol. The molecule has 0 spiro atoms. The Morgan fingerprint density at radius 2 is 1.47 bits per heavy atom. The lowest BCUT2D eigenvalue weighted by Gasteiger charge is -2.43. The number of nitrogens with one attached hydrogen (secondary N) is 4. The van der Waals surface area contributed by atoms with Crippen LogP contribution >= 0.6 is 0 Å². The van der Waals surface area contributed by atoms with E-state index in [1.165, 1.54) is 24.0 Å². The van der Waals surface area contributed by atoms with Gasteiger partial charge in [0.05, 0.1) is 0 Å². The molecule has 1 heterocycles. The Balaban J connectivity index is 1.43. The first-order chi connectivity index (χ1) is 26.3. The van der Waals surface area contributed by atoms with Gasteiger partial charge in [0.15, 0.2) is 5.96 Å². The van der Waals surface area contributed by atoms with E-state index in [9.17, 15) is 33.9 Å². The third-order valence-corrected chi connectivity index (χ3v) is 11.2. The number of primary amides is 1. The van der Waals surface area contributed by atoms with E-state index in [2.05, 4.69) is 26.3 Å². The summed E-state index contributed by atoms with van der Waals surface area (Å²) < 4.78 is 0. The van der Waals surface area contributed by atoms with E-state index in [1.54, 1.807) is 12.1 Å². The van der Waals surface area contributed by atoms with Gasteiger partial charge in [-0.3, -0.25) is 33.8 Å². The van der Waals surface area contributed by atoms with Gasteiger partial charge in [-0.1, -0.05) is 44.2 Å². The summed E-state index contributed by atoms with van der Waals surface area (Å²) in [6.07, 6.45) is 10.4. The molecule has 0 bridgehead atoms. The lowest BCUT2D eigenvalue weighted by Crippen LogP contribution is -2.64. The minimum atomic E-state index is -1.13. The molecule has 11 N–H and O–H groups in total. The summed E-state index contributed by atoms with van der Waals surface area (Å²) in [6.45, 7) is 2.77. The number of phenols is 1. The van der Waals surface area contributed by atoms with Crippen molar-refractivity contribution in [2.24, 2.45) is 39.9 Å². The number of phenolic OH excluding ortho intramolecular Hbond substituents is 1. The number of hydrogen-bond donors (Lipinski definition) is 8. The molecule has 4 atom stereocenters. The molecule has 55 heavy (non-hydrogen) atoms. The van der Waals surface area contributed by atoms with Crippen molar-refractivity contribution in [1.29, 1.82) is 0 Å². The zero-order valence-electron chi connectivity index (χ0n) is 32.1. The number of likely N-dealkylation sites (tertiary alicyclic amines) is 1. The van der Waals surface area contributed by atoms with Gasteiger partial charge in [0.1, 0.15) is 29.9 Å². The summed E-state index contributed by atoms with van der Waals surface area (Å²) in [5, 5.41) is 21.2. The first kappa shape index (κ1) is 42.8. The number of nitrogens with zero attached hydrogens (tertiary/aromatic N) is 2. The van der Waals surface area contributed by atoms with E-state index in [1.807, 2.05) is 0 Å². The number of unbranched alkanes of at least 4 members (excludes halogenated alkanes) is 1. The van der Waals surface area contributed by atoms with Gasteiger partial charge < -0.3 is 48.5 Å². The Morgan fingerprint density at radius 3 is 2.07 bits per heavy atom. The number of rotatable bonds is 19. The van der Waals surface area contributed by atoms with Gasteiger partial charge >= 0.3 is 0 Å². The van der Waals surface area contributed by atoms with E-state index in [0.29, 0.717) is 69.6 Å². The first-order valence-electron chi connectivity index (χ1n) is 19.9. The summed E-state index contributed by atoms with van der Waals surface area (Å²) in [5.74, 6) is -2.04. The van der Waals surface area contributed by atoms with Crippen LogP contribution in [0.25, 0.3) is 0 Å². The number of amides is 6. The van der Waals surface area contributed by atoms with E-state index in [4.69, 9.17) is 17.2 Å². The van der Waals surface area contributed by atoms with Gasteiger partial charge in [-0.2, -0.15) is 0 Å². The SMILES string of the molecule is CC(=O)NCC1CCC(C(=O)NC(CC2CCCCC2)C(=O)N2CCC2C(=O)NC(Cc2ccc(O)cc2)C(=O)NC(CCCCN=C(N)N)C(N)=O)CC1. The quantitative estimate of drug-likeness (QED) is 0.0562. The molecule has 4 unspecified atom stereocenters. The number of nitrogens with two attached hydrogens (primary N) is 3. The first-order valence-corrected chi connectivity index (χ1v) is 19.9. The molecule has 3 aliphatic rings. The summed E-state index contributed by atoms with van der Waals surface area (Å²) in [5.41, 5.74) is 17.0. The van der Waals surface area contributed by atoms with Crippen LogP contribution in [-0.4, -0.2) is 95.2 Å². The Labute approximate surface area is 323 Å². The van der Waals surface area contributed by atoms with E-state index >= 15 is 0 Å². The van der Waals surface area contributed by atoms with Gasteiger partial charge in [0, 0.05) is 38.9 Å². The zero-order chi connectivity index (χ0) is 39.9. The highest BCUT2D eigenvalue weighted by molar-refractivity contribution is 5.96. The molecule has 1 aromatic carbocycles. The van der Waals surface area contributed by atoms with Crippen molar-refractivity contribution in [3.8, 4) is 5.75 Å². The van der Waals surface area contributed by atoms with E-state index in [-0.39, 0.29) is 54.1 Å². The highest BCUT2D eigenvalue weighted by Gasteiger charge is 2.43. The summed E-state index contributed by atoms with van der Waals surface area (Å²) in [4.78, 5) is 84.4. The maximum atomic E-state index is 14.2. The smallest absolute Gasteiger partial charge is 0.245 e. The van der Waals surface area contributed by atoms with Gasteiger partial charge in [0.25, 0.3) is 0 Å². The second-order valence-corrected chi connectivity index (χ2v) is 15.5. The van der Waals surface area contributed by atoms with E-state index < -0.39 is 41.9 Å². The average molecular weight is 768 g/mol. The van der Waals surface area contributed by atoms with Crippen molar-refractivity contribution in [3.63, 3.8) is 0 Å². The summed E-state index contributed by atoms with van der Waals surface area (Å²) >= 11 is 0. The van der Waals surface area contributed by atoms with Crippen LogP contribution in [0.5, 0.6) is 5.75 Å². The normalized spacial score (nSPS) is 21.5. The maximum Gasteiger partial charge on any atom is 0.245 e. The number of aliphatic imine (C=N–C) groups is 1. The number of carbonyl (C=O) groups is 6. The maximum absolute atomic E-state index is 14.2. The van der Waals surface area contributed by atoms with Crippen LogP contribution in [0, 0.1) is 17.8 Å². The molecule has 6 amide bonds. The number of guanidine groups is 1. The molecule has 4 rings (SSSR count). The van der Waals surface area contributed by atoms with Gasteiger partial charge in [-0.25, -0.2) is 0 Å². The molecule has 2 saturated carbocycles. The zero-order valence-corrected chi connectivity index (χ0v) is 32.1. The van der Waals surface area contributed by atoms with Crippen LogP contribution < -0.4 is 38.5 Å². The molecule has 304 valence electrons. The summed E-state index contributed by atoms with van der Waals surface area (Å²) in [7, 11) is 0.